The summed E-state index contributed by atoms with van der Waals surface area (Å²) in [6, 6.07) is 15.1. The van der Waals surface area contributed by atoms with Crippen LogP contribution in [0.3, 0.4) is 0 Å². The number of aliphatic carboxylic acids is 1. The van der Waals surface area contributed by atoms with E-state index in [9.17, 15) is 14.4 Å². The van der Waals surface area contributed by atoms with Crippen LogP contribution in [0.4, 0.5) is 4.79 Å². The summed E-state index contributed by atoms with van der Waals surface area (Å²) in [6.45, 7) is 1.64. The number of carboxylic acids is 1. The van der Waals surface area contributed by atoms with Crippen LogP contribution in [-0.4, -0.2) is 42.3 Å². The Labute approximate surface area is 169 Å². The number of rotatable bonds is 8. The van der Waals surface area contributed by atoms with Crippen molar-refractivity contribution in [2.24, 2.45) is 0 Å². The number of carbonyl (C=O) groups excluding carboxylic acids is 2. The predicted molar refractivity (Wildman–Crippen MR) is 108 cm³/mol. The fraction of sp³-hybridized carbons (Fsp3) is 0.318. The number of hydrogen-bond donors (Lipinski definition) is 3. The first-order valence-corrected chi connectivity index (χ1v) is 9.62. The van der Waals surface area contributed by atoms with Gasteiger partial charge < -0.3 is 20.5 Å². The molecule has 0 unspecified atom stereocenters. The summed E-state index contributed by atoms with van der Waals surface area (Å²) in [5.74, 6) is -1.73. The fourth-order valence-corrected chi connectivity index (χ4v) is 3.59. The molecule has 0 spiro atoms. The Hall–Kier alpha value is -3.35. The summed E-state index contributed by atoms with van der Waals surface area (Å²) in [7, 11) is 0. The van der Waals surface area contributed by atoms with Gasteiger partial charge >= 0.3 is 12.1 Å². The summed E-state index contributed by atoms with van der Waals surface area (Å²) in [5.41, 5.74) is 4.46. The van der Waals surface area contributed by atoms with Gasteiger partial charge in [0, 0.05) is 5.92 Å². The summed E-state index contributed by atoms with van der Waals surface area (Å²) in [4.78, 5) is 35.0. The van der Waals surface area contributed by atoms with E-state index in [-0.39, 0.29) is 19.1 Å². The molecule has 2 aromatic rings. The van der Waals surface area contributed by atoms with Crippen LogP contribution in [0.25, 0.3) is 11.1 Å². The standard InChI is InChI=1S/C22H24N2O5/c1-2-7-19(21(26)27)24-20(25)12-23-22(28)29-13-18-16-10-5-3-8-14(16)15-9-4-6-11-17(15)18/h3-6,8-11,18-19H,2,7,12-13H2,1H3,(H,23,28)(H,24,25)(H,26,27)/t19-/m1/s1. The minimum atomic E-state index is -1.10. The molecule has 0 aromatic heterocycles. The predicted octanol–water partition coefficient (Wildman–Crippen LogP) is 2.89. The third-order valence-electron chi connectivity index (χ3n) is 4.95. The van der Waals surface area contributed by atoms with E-state index < -0.39 is 24.0 Å². The third-order valence-corrected chi connectivity index (χ3v) is 4.95. The van der Waals surface area contributed by atoms with Gasteiger partial charge in [-0.05, 0) is 28.7 Å². The Bertz CT molecular complexity index is 866. The van der Waals surface area contributed by atoms with Crippen LogP contribution in [0.5, 0.6) is 0 Å². The van der Waals surface area contributed by atoms with Gasteiger partial charge in [-0.25, -0.2) is 9.59 Å². The molecule has 0 fully saturated rings. The van der Waals surface area contributed by atoms with Crippen LogP contribution in [0.1, 0.15) is 36.8 Å². The van der Waals surface area contributed by atoms with Gasteiger partial charge in [0.2, 0.25) is 5.91 Å². The second kappa shape index (κ2) is 9.23. The number of carbonyl (C=O) groups is 3. The third kappa shape index (κ3) is 4.74. The van der Waals surface area contributed by atoms with E-state index in [4.69, 9.17) is 9.84 Å². The van der Waals surface area contributed by atoms with Crippen LogP contribution < -0.4 is 10.6 Å². The van der Waals surface area contributed by atoms with E-state index in [1.807, 2.05) is 55.5 Å². The Morgan fingerprint density at radius 2 is 1.62 bits per heavy atom. The molecule has 0 saturated carbocycles. The highest BCUT2D eigenvalue weighted by atomic mass is 16.5. The molecule has 1 aliphatic carbocycles. The zero-order chi connectivity index (χ0) is 20.8. The number of nitrogens with one attached hydrogen (secondary N) is 2. The molecule has 7 nitrogen and oxygen atoms in total. The van der Waals surface area contributed by atoms with E-state index in [1.165, 1.54) is 0 Å². The van der Waals surface area contributed by atoms with Crippen molar-refractivity contribution >= 4 is 18.0 Å². The molecule has 0 bridgehead atoms. The van der Waals surface area contributed by atoms with Crippen molar-refractivity contribution in [3.8, 4) is 11.1 Å². The maximum atomic E-state index is 12.0. The number of amides is 2. The van der Waals surface area contributed by atoms with Crippen LogP contribution >= 0.6 is 0 Å². The van der Waals surface area contributed by atoms with E-state index in [2.05, 4.69) is 10.6 Å². The largest absolute Gasteiger partial charge is 0.480 e. The quantitative estimate of drug-likeness (QED) is 0.636. The summed E-state index contributed by atoms with van der Waals surface area (Å²) < 4.78 is 5.34. The number of carboxylic acid groups (broad SMARTS) is 1. The second-order valence-corrected chi connectivity index (χ2v) is 6.93. The second-order valence-electron chi connectivity index (χ2n) is 6.93. The monoisotopic (exact) mass is 396 g/mol. The number of alkyl carbamates (subject to hydrolysis) is 1. The Morgan fingerprint density at radius 3 is 2.17 bits per heavy atom. The normalized spacial score (nSPS) is 13.1. The van der Waals surface area contributed by atoms with Crippen LogP contribution in [-0.2, 0) is 14.3 Å². The van der Waals surface area contributed by atoms with Gasteiger partial charge in [0.15, 0.2) is 0 Å². The molecule has 7 heteroatoms. The lowest BCUT2D eigenvalue weighted by atomic mass is 9.98. The topological polar surface area (TPSA) is 105 Å². The molecule has 152 valence electrons. The number of benzene rings is 2. The molecule has 2 amide bonds. The van der Waals surface area contributed by atoms with Gasteiger partial charge in [-0.15, -0.1) is 0 Å². The van der Waals surface area contributed by atoms with E-state index in [1.54, 1.807) is 0 Å². The lowest BCUT2D eigenvalue weighted by molar-refractivity contribution is -0.141. The highest BCUT2D eigenvalue weighted by Crippen LogP contribution is 2.44. The first kappa shape index (κ1) is 20.4. The zero-order valence-corrected chi connectivity index (χ0v) is 16.2. The molecule has 1 atom stereocenters. The molecule has 0 heterocycles. The van der Waals surface area contributed by atoms with Gasteiger partial charge in [-0.3, -0.25) is 4.79 Å². The summed E-state index contributed by atoms with van der Waals surface area (Å²) >= 11 is 0. The smallest absolute Gasteiger partial charge is 0.407 e. The molecule has 0 radical (unpaired) electrons. The van der Waals surface area contributed by atoms with Gasteiger partial charge in [0.1, 0.15) is 19.2 Å². The molecule has 3 N–H and O–H groups in total. The van der Waals surface area contributed by atoms with Crippen LogP contribution in [0.15, 0.2) is 48.5 Å². The summed E-state index contributed by atoms with van der Waals surface area (Å²) in [6.07, 6.45) is 0.229. The number of ether oxygens (including phenoxy) is 1. The highest BCUT2D eigenvalue weighted by Gasteiger charge is 2.29. The average Bonchev–Trinajstić information content (AvgIpc) is 3.04. The molecule has 1 aliphatic rings. The first-order valence-electron chi connectivity index (χ1n) is 9.62. The molecule has 29 heavy (non-hydrogen) atoms. The number of hydrogen-bond acceptors (Lipinski definition) is 4. The molecular formula is C22H24N2O5. The maximum absolute atomic E-state index is 12.0. The minimum Gasteiger partial charge on any atom is -0.480 e. The molecule has 0 aliphatic heterocycles. The molecular weight excluding hydrogens is 372 g/mol. The molecule has 3 rings (SSSR count). The Morgan fingerprint density at radius 1 is 1.03 bits per heavy atom. The first-order chi connectivity index (χ1) is 14.0. The van der Waals surface area contributed by atoms with Crippen molar-refractivity contribution in [3.05, 3.63) is 59.7 Å². The van der Waals surface area contributed by atoms with Crippen molar-refractivity contribution in [1.29, 1.82) is 0 Å². The van der Waals surface area contributed by atoms with Crippen LogP contribution in [0.2, 0.25) is 0 Å². The number of fused-ring (bicyclic) bond motifs is 3. The van der Waals surface area contributed by atoms with E-state index in [0.717, 1.165) is 22.3 Å². The minimum absolute atomic E-state index is 0.0667. The maximum Gasteiger partial charge on any atom is 0.407 e. The van der Waals surface area contributed by atoms with Gasteiger partial charge in [0.05, 0.1) is 0 Å². The SMILES string of the molecule is CCC[C@@H](NC(=O)CNC(=O)OCC1c2ccccc2-c2ccccc21)C(=O)O. The van der Waals surface area contributed by atoms with Gasteiger partial charge in [-0.1, -0.05) is 61.9 Å². The van der Waals surface area contributed by atoms with Crippen molar-refractivity contribution in [2.75, 3.05) is 13.2 Å². The van der Waals surface area contributed by atoms with Crippen molar-refractivity contribution in [1.82, 2.24) is 10.6 Å². The highest BCUT2D eigenvalue weighted by molar-refractivity contribution is 5.86. The lowest BCUT2D eigenvalue weighted by Gasteiger charge is -2.15. The zero-order valence-electron chi connectivity index (χ0n) is 16.2. The van der Waals surface area contributed by atoms with Crippen molar-refractivity contribution in [3.63, 3.8) is 0 Å². The Kier molecular flexibility index (Phi) is 6.49. The molecule has 2 aromatic carbocycles. The van der Waals surface area contributed by atoms with Crippen LogP contribution in [0, 0.1) is 0 Å². The molecule has 0 saturated heterocycles. The fourth-order valence-electron chi connectivity index (χ4n) is 3.59. The van der Waals surface area contributed by atoms with Crippen molar-refractivity contribution in [2.45, 2.75) is 31.7 Å². The Balaban J connectivity index is 1.54. The van der Waals surface area contributed by atoms with E-state index >= 15 is 0 Å². The van der Waals surface area contributed by atoms with E-state index in [0.29, 0.717) is 12.8 Å². The van der Waals surface area contributed by atoms with Gasteiger partial charge in [0.25, 0.3) is 0 Å². The summed E-state index contributed by atoms with van der Waals surface area (Å²) in [5, 5.41) is 13.8. The van der Waals surface area contributed by atoms with Crippen molar-refractivity contribution < 1.29 is 24.2 Å². The average molecular weight is 396 g/mol. The lowest BCUT2D eigenvalue weighted by Crippen LogP contribution is -2.45. The van der Waals surface area contributed by atoms with Gasteiger partial charge in [-0.2, -0.15) is 0 Å².